The molecule has 5 nitrogen and oxygen atoms in total. The zero-order chi connectivity index (χ0) is 15.4. The van der Waals surface area contributed by atoms with Gasteiger partial charge in [-0.1, -0.05) is 11.6 Å². The SMILES string of the molecule is COCC(C)Nc1nc(C)cn1-c1cc(OC)ccc1Cl. The molecule has 2 aromatic rings. The molecule has 1 aromatic heterocycles. The lowest BCUT2D eigenvalue weighted by Gasteiger charge is -2.16. The fourth-order valence-corrected chi connectivity index (χ4v) is 2.31. The van der Waals surface area contributed by atoms with Crippen LogP contribution in [0, 0.1) is 6.92 Å². The third-order valence-electron chi connectivity index (χ3n) is 3.03. The molecule has 0 fully saturated rings. The Kier molecular flexibility index (Phi) is 5.09. The summed E-state index contributed by atoms with van der Waals surface area (Å²) in [6.45, 7) is 4.57. The molecule has 0 radical (unpaired) electrons. The van der Waals surface area contributed by atoms with Gasteiger partial charge >= 0.3 is 0 Å². The lowest BCUT2D eigenvalue weighted by Crippen LogP contribution is -2.22. The second kappa shape index (κ2) is 6.83. The molecule has 0 amide bonds. The average molecular weight is 310 g/mol. The predicted molar refractivity (Wildman–Crippen MR) is 84.8 cm³/mol. The Hall–Kier alpha value is -1.72. The standard InChI is InChI=1S/C15H20ClN3O2/c1-10-8-19(15(17-10)18-11(2)9-20-3)14-7-12(21-4)5-6-13(14)16/h5-8,11H,9H2,1-4H3,(H,17,18). The van der Waals surface area contributed by atoms with E-state index in [1.807, 2.05) is 42.8 Å². The molecule has 0 aliphatic heterocycles. The van der Waals surface area contributed by atoms with Gasteiger partial charge in [0.2, 0.25) is 5.95 Å². The fourth-order valence-electron chi connectivity index (χ4n) is 2.10. The normalized spacial score (nSPS) is 12.2. The van der Waals surface area contributed by atoms with E-state index in [4.69, 9.17) is 21.1 Å². The van der Waals surface area contributed by atoms with Crippen molar-refractivity contribution in [1.82, 2.24) is 9.55 Å². The van der Waals surface area contributed by atoms with Crippen molar-refractivity contribution in [3.63, 3.8) is 0 Å². The molecular formula is C15H20ClN3O2. The third-order valence-corrected chi connectivity index (χ3v) is 3.35. The molecule has 1 aromatic carbocycles. The van der Waals surface area contributed by atoms with E-state index in [2.05, 4.69) is 10.3 Å². The van der Waals surface area contributed by atoms with Crippen LogP contribution in [-0.4, -0.2) is 36.4 Å². The molecule has 2 rings (SSSR count). The zero-order valence-electron chi connectivity index (χ0n) is 12.7. The molecule has 0 spiro atoms. The Morgan fingerprint density at radius 3 is 2.81 bits per heavy atom. The van der Waals surface area contributed by atoms with Gasteiger partial charge in [-0.25, -0.2) is 4.98 Å². The van der Waals surface area contributed by atoms with Gasteiger partial charge in [0.15, 0.2) is 0 Å². The number of methoxy groups -OCH3 is 2. The highest BCUT2D eigenvalue weighted by Gasteiger charge is 2.13. The van der Waals surface area contributed by atoms with E-state index in [0.29, 0.717) is 11.6 Å². The average Bonchev–Trinajstić information content (AvgIpc) is 2.80. The number of aromatic nitrogens is 2. The lowest BCUT2D eigenvalue weighted by atomic mass is 10.3. The molecule has 0 aliphatic carbocycles. The largest absolute Gasteiger partial charge is 0.497 e. The number of benzene rings is 1. The quantitative estimate of drug-likeness (QED) is 0.889. The highest BCUT2D eigenvalue weighted by Crippen LogP contribution is 2.28. The first-order valence-corrected chi connectivity index (χ1v) is 7.08. The van der Waals surface area contributed by atoms with Crippen molar-refractivity contribution >= 4 is 17.5 Å². The Morgan fingerprint density at radius 1 is 1.38 bits per heavy atom. The predicted octanol–water partition coefficient (Wildman–Crippen LogP) is 3.29. The van der Waals surface area contributed by atoms with Crippen LogP contribution in [0.5, 0.6) is 5.75 Å². The first-order valence-electron chi connectivity index (χ1n) is 6.70. The van der Waals surface area contributed by atoms with E-state index >= 15 is 0 Å². The monoisotopic (exact) mass is 309 g/mol. The first kappa shape index (κ1) is 15.7. The first-order chi connectivity index (χ1) is 10.0. The van der Waals surface area contributed by atoms with Crippen LogP contribution in [-0.2, 0) is 4.74 Å². The summed E-state index contributed by atoms with van der Waals surface area (Å²) in [5.41, 5.74) is 1.73. The smallest absolute Gasteiger partial charge is 0.208 e. The van der Waals surface area contributed by atoms with Gasteiger partial charge in [0.1, 0.15) is 5.75 Å². The minimum absolute atomic E-state index is 0.139. The summed E-state index contributed by atoms with van der Waals surface area (Å²) in [5.74, 6) is 1.48. The maximum atomic E-state index is 6.31. The summed E-state index contributed by atoms with van der Waals surface area (Å²) in [6, 6.07) is 5.67. The molecule has 1 heterocycles. The molecular weight excluding hydrogens is 290 g/mol. The molecule has 1 N–H and O–H groups in total. The van der Waals surface area contributed by atoms with E-state index in [0.717, 1.165) is 23.1 Å². The Bertz CT molecular complexity index is 613. The molecule has 21 heavy (non-hydrogen) atoms. The number of nitrogens with zero attached hydrogens (tertiary/aromatic N) is 2. The molecule has 0 saturated heterocycles. The van der Waals surface area contributed by atoms with Crippen molar-refractivity contribution in [3.8, 4) is 11.4 Å². The minimum Gasteiger partial charge on any atom is -0.497 e. The van der Waals surface area contributed by atoms with Crippen LogP contribution in [0.2, 0.25) is 5.02 Å². The maximum absolute atomic E-state index is 6.31. The molecule has 0 bridgehead atoms. The molecule has 0 aliphatic rings. The summed E-state index contributed by atoms with van der Waals surface area (Å²) in [4.78, 5) is 4.50. The van der Waals surface area contributed by atoms with Crippen molar-refractivity contribution < 1.29 is 9.47 Å². The summed E-state index contributed by atoms with van der Waals surface area (Å²) >= 11 is 6.31. The Labute approximate surface area is 129 Å². The van der Waals surface area contributed by atoms with Gasteiger partial charge in [-0.2, -0.15) is 0 Å². The second-order valence-corrected chi connectivity index (χ2v) is 5.30. The van der Waals surface area contributed by atoms with Crippen molar-refractivity contribution in [3.05, 3.63) is 35.1 Å². The number of halogens is 1. The van der Waals surface area contributed by atoms with E-state index in [1.54, 1.807) is 14.2 Å². The molecule has 0 saturated carbocycles. The van der Waals surface area contributed by atoms with Gasteiger partial charge in [-0.15, -0.1) is 0 Å². The van der Waals surface area contributed by atoms with Crippen LogP contribution in [0.15, 0.2) is 24.4 Å². The third kappa shape index (κ3) is 3.68. The fraction of sp³-hybridized carbons (Fsp3) is 0.400. The van der Waals surface area contributed by atoms with Crippen LogP contribution >= 0.6 is 11.6 Å². The van der Waals surface area contributed by atoms with Crippen LogP contribution in [0.1, 0.15) is 12.6 Å². The number of nitrogens with one attached hydrogen (secondary N) is 1. The van der Waals surface area contributed by atoms with E-state index in [9.17, 15) is 0 Å². The summed E-state index contributed by atoms with van der Waals surface area (Å²) in [5, 5.41) is 3.96. The van der Waals surface area contributed by atoms with Gasteiger partial charge in [0, 0.05) is 25.4 Å². The number of rotatable bonds is 6. The van der Waals surface area contributed by atoms with Crippen molar-refractivity contribution in [1.29, 1.82) is 0 Å². The number of ether oxygens (including phenoxy) is 2. The van der Waals surface area contributed by atoms with E-state index in [-0.39, 0.29) is 6.04 Å². The van der Waals surface area contributed by atoms with Crippen LogP contribution in [0.4, 0.5) is 5.95 Å². The highest BCUT2D eigenvalue weighted by molar-refractivity contribution is 6.32. The van der Waals surface area contributed by atoms with Crippen molar-refractivity contribution in [2.24, 2.45) is 0 Å². The lowest BCUT2D eigenvalue weighted by molar-refractivity contribution is 0.190. The van der Waals surface area contributed by atoms with Crippen molar-refractivity contribution in [2.45, 2.75) is 19.9 Å². The molecule has 6 heteroatoms. The maximum Gasteiger partial charge on any atom is 0.208 e. The Morgan fingerprint density at radius 2 is 2.14 bits per heavy atom. The van der Waals surface area contributed by atoms with E-state index < -0.39 is 0 Å². The van der Waals surface area contributed by atoms with E-state index in [1.165, 1.54) is 0 Å². The minimum atomic E-state index is 0.139. The number of aryl methyl sites for hydroxylation is 1. The van der Waals surface area contributed by atoms with Crippen molar-refractivity contribution in [2.75, 3.05) is 26.1 Å². The highest BCUT2D eigenvalue weighted by atomic mass is 35.5. The molecule has 1 unspecified atom stereocenters. The Balaban J connectivity index is 2.39. The second-order valence-electron chi connectivity index (χ2n) is 4.89. The zero-order valence-corrected chi connectivity index (χ0v) is 13.4. The van der Waals surface area contributed by atoms with Gasteiger partial charge in [-0.05, 0) is 26.0 Å². The molecule has 1 atom stereocenters. The number of anilines is 1. The van der Waals surface area contributed by atoms with Gasteiger partial charge in [0.05, 0.1) is 30.1 Å². The van der Waals surface area contributed by atoms with Crippen LogP contribution in [0.3, 0.4) is 0 Å². The number of hydrogen-bond acceptors (Lipinski definition) is 4. The number of hydrogen-bond donors (Lipinski definition) is 1. The summed E-state index contributed by atoms with van der Waals surface area (Å²) in [6.07, 6.45) is 1.93. The van der Waals surface area contributed by atoms with Gasteiger partial charge in [0.25, 0.3) is 0 Å². The summed E-state index contributed by atoms with van der Waals surface area (Å²) < 4.78 is 12.3. The van der Waals surface area contributed by atoms with Gasteiger partial charge < -0.3 is 14.8 Å². The summed E-state index contributed by atoms with van der Waals surface area (Å²) in [7, 11) is 3.31. The topological polar surface area (TPSA) is 48.3 Å². The van der Waals surface area contributed by atoms with Gasteiger partial charge in [-0.3, -0.25) is 4.57 Å². The number of imidazole rings is 1. The van der Waals surface area contributed by atoms with Crippen LogP contribution < -0.4 is 10.1 Å². The molecule has 114 valence electrons. The van der Waals surface area contributed by atoms with Crippen LogP contribution in [0.25, 0.3) is 5.69 Å².